The fourth-order valence-corrected chi connectivity index (χ4v) is 4.06. The first-order valence-corrected chi connectivity index (χ1v) is 9.23. The fraction of sp³-hybridized carbons (Fsp3) is 0.190. The van der Waals surface area contributed by atoms with E-state index in [0.717, 1.165) is 16.3 Å². The second kappa shape index (κ2) is 6.68. The molecule has 4 rings (SSSR count). The average Bonchev–Trinajstić information content (AvgIpc) is 3.06. The molecule has 0 saturated carbocycles. The molecule has 0 amide bonds. The number of nitrogens with zero attached hydrogens (tertiary/aromatic N) is 1. The number of oxime groups is 1. The molecular formula is C21H14Cl2F3NO. The van der Waals surface area contributed by atoms with Crippen LogP contribution in [0.25, 0.3) is 10.8 Å². The van der Waals surface area contributed by atoms with Gasteiger partial charge in [0.2, 0.25) is 0 Å². The molecule has 0 radical (unpaired) electrons. The van der Waals surface area contributed by atoms with Gasteiger partial charge in [0.1, 0.15) is 0 Å². The van der Waals surface area contributed by atoms with Crippen molar-refractivity contribution >= 4 is 39.7 Å². The van der Waals surface area contributed by atoms with E-state index in [0.29, 0.717) is 5.56 Å². The van der Waals surface area contributed by atoms with Gasteiger partial charge in [0.25, 0.3) is 5.60 Å². The van der Waals surface area contributed by atoms with Crippen molar-refractivity contribution in [2.45, 2.75) is 25.1 Å². The van der Waals surface area contributed by atoms with Crippen LogP contribution in [0.5, 0.6) is 0 Å². The van der Waals surface area contributed by atoms with Gasteiger partial charge in [0, 0.05) is 27.6 Å². The van der Waals surface area contributed by atoms with Crippen LogP contribution in [0.3, 0.4) is 0 Å². The van der Waals surface area contributed by atoms with Gasteiger partial charge in [0.15, 0.2) is 0 Å². The Morgan fingerprint density at radius 2 is 1.68 bits per heavy atom. The Morgan fingerprint density at radius 3 is 2.36 bits per heavy atom. The number of alkyl halides is 3. The van der Waals surface area contributed by atoms with Crippen molar-refractivity contribution in [2.75, 3.05) is 0 Å². The maximum atomic E-state index is 14.2. The maximum absolute atomic E-state index is 14.2. The zero-order chi connectivity index (χ0) is 20.1. The number of hydrogen-bond acceptors (Lipinski definition) is 2. The van der Waals surface area contributed by atoms with Crippen molar-refractivity contribution in [3.05, 3.63) is 81.3 Å². The number of fused-ring (bicyclic) bond motifs is 1. The van der Waals surface area contributed by atoms with E-state index < -0.39 is 18.2 Å². The van der Waals surface area contributed by atoms with Gasteiger partial charge in [-0.05, 0) is 47.5 Å². The lowest BCUT2D eigenvalue weighted by Crippen LogP contribution is -2.42. The Bertz CT molecular complexity index is 1090. The third kappa shape index (κ3) is 3.12. The van der Waals surface area contributed by atoms with E-state index in [-0.39, 0.29) is 21.3 Å². The highest BCUT2D eigenvalue weighted by molar-refractivity contribution is 6.34. The van der Waals surface area contributed by atoms with E-state index in [2.05, 4.69) is 5.16 Å². The summed E-state index contributed by atoms with van der Waals surface area (Å²) in [5, 5.41) is 5.81. The molecule has 0 saturated heterocycles. The van der Waals surface area contributed by atoms with E-state index in [4.69, 9.17) is 28.0 Å². The summed E-state index contributed by atoms with van der Waals surface area (Å²) in [5.74, 6) is 0. The molecule has 144 valence electrons. The SMILES string of the molecule is Cc1cc(C2=NOC(c3cc(Cl)cc(Cl)c3)(C(F)(F)F)C2)c2ccccc2c1. The van der Waals surface area contributed by atoms with Gasteiger partial charge in [-0.2, -0.15) is 13.2 Å². The summed E-state index contributed by atoms with van der Waals surface area (Å²) < 4.78 is 42.5. The standard InChI is InChI=1S/C21H14Cl2F3NO/c1-12-6-13-4-2-3-5-17(13)18(7-12)19-11-20(28-27-19,21(24,25)26)14-8-15(22)10-16(23)9-14/h2-10H,11H2,1H3. The summed E-state index contributed by atoms with van der Waals surface area (Å²) in [6.07, 6.45) is -5.19. The second-order valence-corrected chi connectivity index (χ2v) is 7.70. The molecule has 0 aromatic heterocycles. The monoisotopic (exact) mass is 423 g/mol. The van der Waals surface area contributed by atoms with Gasteiger partial charge in [0.05, 0.1) is 5.71 Å². The van der Waals surface area contributed by atoms with Crippen LogP contribution < -0.4 is 0 Å². The Morgan fingerprint density at radius 1 is 1.00 bits per heavy atom. The van der Waals surface area contributed by atoms with Crippen molar-refractivity contribution in [2.24, 2.45) is 5.16 Å². The largest absolute Gasteiger partial charge is 0.435 e. The summed E-state index contributed by atoms with van der Waals surface area (Å²) in [7, 11) is 0. The van der Waals surface area contributed by atoms with Crippen LogP contribution in [-0.2, 0) is 10.4 Å². The lowest BCUT2D eigenvalue weighted by Gasteiger charge is -2.29. The summed E-state index contributed by atoms with van der Waals surface area (Å²) in [6, 6.07) is 15.1. The zero-order valence-corrected chi connectivity index (χ0v) is 16.2. The second-order valence-electron chi connectivity index (χ2n) is 6.82. The third-order valence-corrected chi connectivity index (χ3v) is 5.27. The van der Waals surface area contributed by atoms with E-state index in [1.165, 1.54) is 18.2 Å². The zero-order valence-electron chi connectivity index (χ0n) is 14.6. The molecule has 1 unspecified atom stereocenters. The van der Waals surface area contributed by atoms with Crippen LogP contribution in [0.4, 0.5) is 13.2 Å². The summed E-state index contributed by atoms with van der Waals surface area (Å²) >= 11 is 11.9. The average molecular weight is 424 g/mol. The molecule has 0 fully saturated rings. The predicted molar refractivity (Wildman–Crippen MR) is 105 cm³/mol. The molecule has 0 aliphatic carbocycles. The quantitative estimate of drug-likeness (QED) is 0.433. The highest BCUT2D eigenvalue weighted by Gasteiger charge is 2.62. The van der Waals surface area contributed by atoms with Crippen LogP contribution in [0.15, 0.2) is 59.8 Å². The van der Waals surface area contributed by atoms with Crippen molar-refractivity contribution < 1.29 is 18.0 Å². The van der Waals surface area contributed by atoms with Crippen LogP contribution in [0.2, 0.25) is 10.0 Å². The van der Waals surface area contributed by atoms with Crippen molar-refractivity contribution in [3.63, 3.8) is 0 Å². The van der Waals surface area contributed by atoms with Crippen LogP contribution in [0.1, 0.15) is 23.1 Å². The van der Waals surface area contributed by atoms with Gasteiger partial charge in [-0.25, -0.2) is 0 Å². The molecule has 0 N–H and O–H groups in total. The molecule has 3 aromatic rings. The Labute approximate surface area is 169 Å². The normalized spacial score (nSPS) is 19.6. The van der Waals surface area contributed by atoms with Crippen molar-refractivity contribution in [1.29, 1.82) is 0 Å². The minimum Gasteiger partial charge on any atom is -0.374 e. The van der Waals surface area contributed by atoms with Gasteiger partial charge >= 0.3 is 6.18 Å². The number of aryl methyl sites for hydroxylation is 1. The van der Waals surface area contributed by atoms with Crippen LogP contribution >= 0.6 is 23.2 Å². The minimum atomic E-state index is -4.72. The lowest BCUT2D eigenvalue weighted by atomic mass is 9.85. The Balaban J connectivity index is 1.85. The predicted octanol–water partition coefficient (Wildman–Crippen LogP) is 7.04. The summed E-state index contributed by atoms with van der Waals surface area (Å²) in [5.41, 5.74) is -1.04. The number of benzene rings is 3. The van der Waals surface area contributed by atoms with E-state index in [1.54, 1.807) is 0 Å². The van der Waals surface area contributed by atoms with E-state index in [9.17, 15) is 13.2 Å². The summed E-state index contributed by atoms with van der Waals surface area (Å²) in [4.78, 5) is 5.10. The first-order chi connectivity index (χ1) is 13.2. The van der Waals surface area contributed by atoms with Gasteiger partial charge in [-0.15, -0.1) is 0 Å². The van der Waals surface area contributed by atoms with Gasteiger partial charge < -0.3 is 4.84 Å². The first-order valence-electron chi connectivity index (χ1n) is 8.48. The van der Waals surface area contributed by atoms with E-state index >= 15 is 0 Å². The highest BCUT2D eigenvalue weighted by atomic mass is 35.5. The molecule has 7 heteroatoms. The Hall–Kier alpha value is -2.24. The minimum absolute atomic E-state index is 0.101. The van der Waals surface area contributed by atoms with Crippen molar-refractivity contribution in [3.8, 4) is 0 Å². The first kappa shape index (κ1) is 19.1. The highest BCUT2D eigenvalue weighted by Crippen LogP contribution is 2.50. The topological polar surface area (TPSA) is 21.6 Å². The smallest absolute Gasteiger partial charge is 0.374 e. The fourth-order valence-electron chi connectivity index (χ4n) is 3.53. The lowest BCUT2D eigenvalue weighted by molar-refractivity contribution is -0.275. The Kier molecular flexibility index (Phi) is 4.55. The molecular weight excluding hydrogens is 410 g/mol. The molecule has 0 spiro atoms. The maximum Gasteiger partial charge on any atom is 0.435 e. The molecule has 28 heavy (non-hydrogen) atoms. The molecule has 2 nitrogen and oxygen atoms in total. The molecule has 0 bridgehead atoms. The van der Waals surface area contributed by atoms with Crippen LogP contribution in [-0.4, -0.2) is 11.9 Å². The number of hydrogen-bond donors (Lipinski definition) is 0. The molecule has 1 aliphatic rings. The molecule has 1 aliphatic heterocycles. The molecule has 1 atom stereocenters. The molecule has 1 heterocycles. The number of rotatable bonds is 2. The van der Waals surface area contributed by atoms with E-state index in [1.807, 2.05) is 43.3 Å². The molecule has 3 aromatic carbocycles. The van der Waals surface area contributed by atoms with Crippen LogP contribution in [0, 0.1) is 6.92 Å². The number of halogens is 5. The summed E-state index contributed by atoms with van der Waals surface area (Å²) in [6.45, 7) is 1.89. The third-order valence-electron chi connectivity index (χ3n) is 4.83. The van der Waals surface area contributed by atoms with Gasteiger partial charge in [-0.1, -0.05) is 58.7 Å². The van der Waals surface area contributed by atoms with Crippen molar-refractivity contribution in [1.82, 2.24) is 0 Å². The van der Waals surface area contributed by atoms with Gasteiger partial charge in [-0.3, -0.25) is 0 Å².